The molecule has 2 aromatic rings. The molecule has 1 heterocycles. The molecule has 21 heavy (non-hydrogen) atoms. The topological polar surface area (TPSA) is 29.5 Å². The lowest BCUT2D eigenvalue weighted by atomic mass is 9.98. The predicted octanol–water partition coefficient (Wildman–Crippen LogP) is 3.64. The van der Waals surface area contributed by atoms with Gasteiger partial charge in [0.1, 0.15) is 12.4 Å². The molecule has 0 atom stereocenters. The highest BCUT2D eigenvalue weighted by Gasteiger charge is 2.21. The fourth-order valence-electron chi connectivity index (χ4n) is 2.45. The molecule has 0 unspecified atom stereocenters. The van der Waals surface area contributed by atoms with E-state index >= 15 is 0 Å². The Hall–Kier alpha value is -1.91. The fourth-order valence-corrected chi connectivity index (χ4v) is 2.63. The van der Waals surface area contributed by atoms with Crippen molar-refractivity contribution in [3.8, 4) is 11.1 Å². The first-order chi connectivity index (χ1) is 10.1. The van der Waals surface area contributed by atoms with E-state index in [2.05, 4.69) is 0 Å². The van der Waals surface area contributed by atoms with Crippen LogP contribution in [0.4, 0.5) is 10.1 Å². The second-order valence-corrected chi connectivity index (χ2v) is 5.28. The summed E-state index contributed by atoms with van der Waals surface area (Å²) in [5, 5.41) is 0.0732. The maximum atomic E-state index is 13.3. The second-order valence-electron chi connectivity index (χ2n) is 4.88. The minimum atomic E-state index is -0.453. The first-order valence-corrected chi connectivity index (χ1v) is 6.87. The highest BCUT2D eigenvalue weighted by Crippen LogP contribution is 2.34. The Labute approximate surface area is 126 Å². The molecule has 0 spiro atoms. The van der Waals surface area contributed by atoms with Crippen molar-refractivity contribution in [3.05, 3.63) is 52.8 Å². The third kappa shape index (κ3) is 2.52. The van der Waals surface area contributed by atoms with Crippen molar-refractivity contribution in [2.45, 2.75) is 6.61 Å². The summed E-state index contributed by atoms with van der Waals surface area (Å²) in [6.07, 6.45) is 0. The number of carbonyl (C=O) groups is 1. The first kappa shape index (κ1) is 14.0. The average Bonchev–Trinajstić information content (AvgIpc) is 2.62. The summed E-state index contributed by atoms with van der Waals surface area (Å²) in [4.78, 5) is 13.4. The van der Waals surface area contributed by atoms with Crippen molar-refractivity contribution >= 4 is 23.2 Å². The van der Waals surface area contributed by atoms with E-state index in [9.17, 15) is 9.18 Å². The van der Waals surface area contributed by atoms with E-state index in [-0.39, 0.29) is 17.5 Å². The van der Waals surface area contributed by atoms with Gasteiger partial charge in [0, 0.05) is 18.3 Å². The van der Waals surface area contributed by atoms with Gasteiger partial charge < -0.3 is 9.64 Å². The Morgan fingerprint density at radius 2 is 2.05 bits per heavy atom. The molecule has 0 saturated heterocycles. The zero-order chi connectivity index (χ0) is 15.0. The van der Waals surface area contributed by atoms with Crippen LogP contribution in [0.15, 0.2) is 36.4 Å². The van der Waals surface area contributed by atoms with Crippen molar-refractivity contribution in [2.75, 3.05) is 18.6 Å². The van der Waals surface area contributed by atoms with Crippen molar-refractivity contribution in [1.29, 1.82) is 0 Å². The van der Waals surface area contributed by atoms with Crippen LogP contribution in [0.25, 0.3) is 11.1 Å². The highest BCUT2D eigenvalue weighted by atomic mass is 35.5. The second kappa shape index (κ2) is 5.47. The summed E-state index contributed by atoms with van der Waals surface area (Å²) in [5.41, 5.74) is 3.38. The van der Waals surface area contributed by atoms with E-state index in [1.165, 1.54) is 6.07 Å². The minimum Gasteiger partial charge on any atom is -0.367 e. The number of benzene rings is 2. The number of amides is 1. The third-order valence-corrected chi connectivity index (χ3v) is 3.88. The summed E-state index contributed by atoms with van der Waals surface area (Å²) >= 11 is 5.86. The summed E-state index contributed by atoms with van der Waals surface area (Å²) < 4.78 is 18.7. The van der Waals surface area contributed by atoms with Gasteiger partial charge in [-0.2, -0.15) is 0 Å². The summed E-state index contributed by atoms with van der Waals surface area (Å²) in [5.74, 6) is -0.547. The van der Waals surface area contributed by atoms with Crippen LogP contribution in [0.2, 0.25) is 5.02 Å². The van der Waals surface area contributed by atoms with Crippen LogP contribution in [0.3, 0.4) is 0 Å². The lowest BCUT2D eigenvalue weighted by Crippen LogP contribution is -2.28. The highest BCUT2D eigenvalue weighted by molar-refractivity contribution is 6.31. The Bertz CT molecular complexity index is 717. The molecule has 0 saturated carbocycles. The molecule has 1 amide bonds. The number of hydrogen-bond donors (Lipinski definition) is 0. The van der Waals surface area contributed by atoms with E-state index < -0.39 is 5.82 Å². The van der Waals surface area contributed by atoms with Crippen LogP contribution >= 0.6 is 11.6 Å². The van der Waals surface area contributed by atoms with E-state index in [0.29, 0.717) is 6.61 Å². The number of hydrogen-bond acceptors (Lipinski definition) is 2. The molecule has 2 aromatic carbocycles. The normalized spacial score (nSPS) is 14.8. The molecule has 1 aliphatic rings. The number of carbonyl (C=O) groups excluding carboxylic acids is 1. The van der Waals surface area contributed by atoms with E-state index in [0.717, 1.165) is 22.4 Å². The van der Waals surface area contributed by atoms with Gasteiger partial charge in [0.2, 0.25) is 0 Å². The molecule has 1 aliphatic heterocycles. The molecule has 3 rings (SSSR count). The summed E-state index contributed by atoms with van der Waals surface area (Å²) in [7, 11) is 1.72. The van der Waals surface area contributed by atoms with Gasteiger partial charge in [0.05, 0.1) is 11.6 Å². The van der Waals surface area contributed by atoms with Crippen LogP contribution in [-0.4, -0.2) is 19.6 Å². The standard InChI is InChI=1S/C16H13ClFNO2/c1-19-15-4-2-3-11(12(15)8-21-9-16(19)20)10-5-6-14(18)13(17)7-10/h2-7H,8-9H2,1H3. The lowest BCUT2D eigenvalue weighted by Gasteiger charge is -2.19. The largest absolute Gasteiger partial charge is 0.367 e. The summed E-state index contributed by atoms with van der Waals surface area (Å²) in [6.45, 7) is 0.380. The maximum absolute atomic E-state index is 13.3. The van der Waals surface area contributed by atoms with Gasteiger partial charge in [-0.15, -0.1) is 0 Å². The smallest absolute Gasteiger partial charge is 0.252 e. The van der Waals surface area contributed by atoms with Gasteiger partial charge >= 0.3 is 0 Å². The molecule has 0 aromatic heterocycles. The van der Waals surface area contributed by atoms with Crippen molar-refractivity contribution < 1.29 is 13.9 Å². The molecule has 0 bridgehead atoms. The third-order valence-electron chi connectivity index (χ3n) is 3.59. The van der Waals surface area contributed by atoms with Crippen LogP contribution < -0.4 is 4.90 Å². The average molecular weight is 306 g/mol. The Morgan fingerprint density at radius 1 is 1.24 bits per heavy atom. The molecule has 5 heteroatoms. The number of fused-ring (bicyclic) bond motifs is 1. The number of anilines is 1. The SMILES string of the molecule is CN1C(=O)COCc2c(-c3ccc(F)c(Cl)c3)cccc21. The Balaban J connectivity index is 2.16. The van der Waals surface area contributed by atoms with Gasteiger partial charge in [-0.25, -0.2) is 4.39 Å². The predicted molar refractivity (Wildman–Crippen MR) is 79.9 cm³/mol. The maximum Gasteiger partial charge on any atom is 0.252 e. The number of halogens is 2. The Kier molecular flexibility index (Phi) is 3.66. The van der Waals surface area contributed by atoms with Gasteiger partial charge in [0.25, 0.3) is 5.91 Å². The molecule has 0 fully saturated rings. The van der Waals surface area contributed by atoms with Gasteiger partial charge in [-0.3, -0.25) is 4.79 Å². The van der Waals surface area contributed by atoms with E-state index in [4.69, 9.17) is 16.3 Å². The van der Waals surface area contributed by atoms with Crippen molar-refractivity contribution in [1.82, 2.24) is 0 Å². The Morgan fingerprint density at radius 3 is 2.81 bits per heavy atom. The minimum absolute atomic E-state index is 0.0504. The lowest BCUT2D eigenvalue weighted by molar-refractivity contribution is -0.122. The van der Waals surface area contributed by atoms with E-state index in [1.807, 2.05) is 18.2 Å². The number of nitrogens with zero attached hydrogens (tertiary/aromatic N) is 1. The first-order valence-electron chi connectivity index (χ1n) is 6.49. The van der Waals surface area contributed by atoms with E-state index in [1.54, 1.807) is 24.1 Å². The molecule has 108 valence electrons. The quantitative estimate of drug-likeness (QED) is 0.805. The number of rotatable bonds is 1. The fraction of sp³-hybridized carbons (Fsp3) is 0.188. The molecular weight excluding hydrogens is 293 g/mol. The van der Waals surface area contributed by atoms with Crippen LogP contribution in [0, 0.1) is 5.82 Å². The van der Waals surface area contributed by atoms with Crippen LogP contribution in [0.1, 0.15) is 5.56 Å². The molecular formula is C16H13ClFNO2. The van der Waals surface area contributed by atoms with Crippen LogP contribution in [-0.2, 0) is 16.1 Å². The van der Waals surface area contributed by atoms with Gasteiger partial charge in [-0.05, 0) is 29.3 Å². The summed E-state index contributed by atoms with van der Waals surface area (Å²) in [6, 6.07) is 10.2. The van der Waals surface area contributed by atoms with Crippen molar-refractivity contribution in [3.63, 3.8) is 0 Å². The van der Waals surface area contributed by atoms with Gasteiger partial charge in [0.15, 0.2) is 0 Å². The van der Waals surface area contributed by atoms with Crippen molar-refractivity contribution in [2.24, 2.45) is 0 Å². The molecule has 0 N–H and O–H groups in total. The number of ether oxygens (including phenoxy) is 1. The number of likely N-dealkylation sites (N-methyl/N-ethyl adjacent to an activating group) is 1. The van der Waals surface area contributed by atoms with Gasteiger partial charge in [-0.1, -0.05) is 29.8 Å². The monoisotopic (exact) mass is 305 g/mol. The zero-order valence-corrected chi connectivity index (χ0v) is 12.2. The zero-order valence-electron chi connectivity index (χ0n) is 11.4. The molecule has 3 nitrogen and oxygen atoms in total. The van der Waals surface area contributed by atoms with Crippen LogP contribution in [0.5, 0.6) is 0 Å². The molecule has 0 radical (unpaired) electrons. The molecule has 0 aliphatic carbocycles.